The maximum absolute atomic E-state index is 11.7. The predicted molar refractivity (Wildman–Crippen MR) is 102 cm³/mol. The van der Waals surface area contributed by atoms with E-state index >= 15 is 0 Å². The number of ether oxygens (including phenoxy) is 3. The molecule has 2 rings (SSSR count). The fourth-order valence-corrected chi connectivity index (χ4v) is 2.41. The lowest BCUT2D eigenvalue weighted by Gasteiger charge is -2.21. The molecular weight excluding hydrogens is 365 g/mol. The summed E-state index contributed by atoms with van der Waals surface area (Å²) in [7, 11) is -1.15. The Balaban J connectivity index is 2.06. The first-order valence-electron chi connectivity index (χ1n) is 8.90. The second-order valence-corrected chi connectivity index (χ2v) is 7.72. The number of amides is 1. The van der Waals surface area contributed by atoms with Crippen molar-refractivity contribution in [3.63, 3.8) is 0 Å². The van der Waals surface area contributed by atoms with Gasteiger partial charge in [0.15, 0.2) is 11.5 Å². The Hall–Kier alpha value is -2.48. The van der Waals surface area contributed by atoms with Gasteiger partial charge in [0.05, 0.1) is 19.2 Å². The molecular formula is C18H26BN3O6. The highest BCUT2D eigenvalue weighted by molar-refractivity contribution is 6.62. The topological polar surface area (TPSA) is 136 Å². The number of alkyl carbamates (subject to hydrolysis) is 1. The molecule has 0 fully saturated rings. The van der Waals surface area contributed by atoms with Gasteiger partial charge < -0.3 is 34.9 Å². The predicted octanol–water partition coefficient (Wildman–Crippen LogP) is 0.428. The summed E-state index contributed by atoms with van der Waals surface area (Å²) < 4.78 is 21.8. The number of nitrogens with two attached hydrogens (primary N) is 1. The second kappa shape index (κ2) is 8.69. The molecule has 0 aliphatic carbocycles. The molecule has 1 aliphatic rings. The molecule has 1 aliphatic heterocycles. The van der Waals surface area contributed by atoms with E-state index in [1.165, 1.54) is 0 Å². The molecule has 0 spiro atoms. The van der Waals surface area contributed by atoms with Gasteiger partial charge >= 0.3 is 13.2 Å². The molecule has 0 saturated carbocycles. The lowest BCUT2D eigenvalue weighted by molar-refractivity contribution is 0.0520. The standard InChI is InChI=1S/C18H26BN3O6/c1-17(2,3)28-16(23)22-7-8-25-15-13(26-11-18(4,21)10-20)6-5-12-9-27-19(24)14(12)15/h5-6,24H,7-9,11,21H2,1-4H3,(H,22,23)/t18-/m0/s1. The van der Waals surface area contributed by atoms with Crippen LogP contribution in [-0.2, 0) is 16.0 Å². The van der Waals surface area contributed by atoms with Crippen molar-refractivity contribution in [3.05, 3.63) is 17.7 Å². The highest BCUT2D eigenvalue weighted by atomic mass is 16.6. The zero-order valence-electron chi connectivity index (χ0n) is 16.6. The molecule has 4 N–H and O–H groups in total. The maximum atomic E-state index is 11.7. The molecule has 1 heterocycles. The van der Waals surface area contributed by atoms with E-state index in [0.29, 0.717) is 17.0 Å². The van der Waals surface area contributed by atoms with E-state index in [0.717, 1.165) is 5.56 Å². The van der Waals surface area contributed by atoms with Crippen LogP contribution in [0.3, 0.4) is 0 Å². The van der Waals surface area contributed by atoms with Crippen LogP contribution < -0.4 is 26.0 Å². The molecule has 1 aromatic rings. The van der Waals surface area contributed by atoms with Crippen molar-refractivity contribution in [2.24, 2.45) is 5.73 Å². The number of carbonyl (C=O) groups is 1. The third-order valence-electron chi connectivity index (χ3n) is 3.69. The molecule has 0 aromatic heterocycles. The maximum Gasteiger partial charge on any atom is 0.495 e. The summed E-state index contributed by atoms with van der Waals surface area (Å²) in [5.41, 5.74) is 5.26. The summed E-state index contributed by atoms with van der Waals surface area (Å²) in [4.78, 5) is 11.7. The van der Waals surface area contributed by atoms with Gasteiger partial charge in [-0.25, -0.2) is 4.79 Å². The van der Waals surface area contributed by atoms with E-state index in [-0.39, 0.29) is 26.4 Å². The molecule has 1 aromatic carbocycles. The molecule has 1 amide bonds. The number of hydrogen-bond donors (Lipinski definition) is 3. The summed E-state index contributed by atoms with van der Waals surface area (Å²) in [6.07, 6.45) is -0.554. The Kier molecular flexibility index (Phi) is 6.77. The van der Waals surface area contributed by atoms with Crippen molar-refractivity contribution in [1.82, 2.24) is 5.32 Å². The lowest BCUT2D eigenvalue weighted by atomic mass is 9.78. The Bertz CT molecular complexity index is 757. The van der Waals surface area contributed by atoms with Crippen LogP contribution >= 0.6 is 0 Å². The van der Waals surface area contributed by atoms with Gasteiger partial charge in [-0.3, -0.25) is 0 Å². The van der Waals surface area contributed by atoms with Crippen molar-refractivity contribution in [2.45, 2.75) is 45.4 Å². The fourth-order valence-electron chi connectivity index (χ4n) is 2.41. The van der Waals surface area contributed by atoms with Gasteiger partial charge in [0, 0.05) is 5.46 Å². The second-order valence-electron chi connectivity index (χ2n) is 7.72. The Labute approximate surface area is 164 Å². The number of fused-ring (bicyclic) bond motifs is 1. The average Bonchev–Trinajstić information content (AvgIpc) is 2.97. The highest BCUT2D eigenvalue weighted by Crippen LogP contribution is 2.30. The molecule has 28 heavy (non-hydrogen) atoms. The number of carbonyl (C=O) groups excluding carboxylic acids is 1. The first-order valence-corrected chi connectivity index (χ1v) is 8.90. The van der Waals surface area contributed by atoms with Crippen LogP contribution in [0.4, 0.5) is 4.79 Å². The third kappa shape index (κ3) is 6.02. The Morgan fingerprint density at radius 1 is 1.39 bits per heavy atom. The van der Waals surface area contributed by atoms with E-state index in [9.17, 15) is 9.82 Å². The zero-order valence-corrected chi connectivity index (χ0v) is 16.6. The number of nitrogens with zero attached hydrogens (tertiary/aromatic N) is 1. The largest absolute Gasteiger partial charge is 0.495 e. The van der Waals surface area contributed by atoms with E-state index in [2.05, 4.69) is 5.32 Å². The Morgan fingerprint density at radius 3 is 2.75 bits per heavy atom. The fraction of sp³-hybridized carbons (Fsp3) is 0.556. The number of benzene rings is 1. The van der Waals surface area contributed by atoms with Gasteiger partial charge in [-0.1, -0.05) is 6.07 Å². The van der Waals surface area contributed by atoms with Gasteiger partial charge in [0.25, 0.3) is 0 Å². The zero-order chi connectivity index (χ0) is 20.9. The molecule has 10 heteroatoms. The van der Waals surface area contributed by atoms with Gasteiger partial charge in [-0.05, 0) is 39.3 Å². The summed E-state index contributed by atoms with van der Waals surface area (Å²) in [6.45, 7) is 7.33. The minimum atomic E-state index is -1.18. The van der Waals surface area contributed by atoms with Gasteiger partial charge in [0.1, 0.15) is 24.4 Å². The summed E-state index contributed by atoms with van der Waals surface area (Å²) in [5.74, 6) is 0.620. The van der Waals surface area contributed by atoms with Gasteiger partial charge in [-0.15, -0.1) is 0 Å². The van der Waals surface area contributed by atoms with Crippen LogP contribution in [0.25, 0.3) is 0 Å². The van der Waals surface area contributed by atoms with E-state index < -0.39 is 24.4 Å². The molecule has 0 bridgehead atoms. The quantitative estimate of drug-likeness (QED) is 0.450. The SMILES string of the molecule is CC(C)(C)OC(=O)NCCOc1c(OC[C@@](C)(N)C#N)ccc2c1B(O)OC2. The molecule has 152 valence electrons. The van der Waals surface area contributed by atoms with Crippen LogP contribution in [-0.4, -0.2) is 49.1 Å². The van der Waals surface area contributed by atoms with Crippen LogP contribution in [0.1, 0.15) is 33.3 Å². The third-order valence-corrected chi connectivity index (χ3v) is 3.69. The monoisotopic (exact) mass is 391 g/mol. The van der Waals surface area contributed by atoms with Crippen molar-refractivity contribution in [1.29, 1.82) is 5.26 Å². The molecule has 0 saturated heterocycles. The number of hydrogen-bond acceptors (Lipinski definition) is 8. The van der Waals surface area contributed by atoms with Crippen LogP contribution in [0.5, 0.6) is 11.5 Å². The molecule has 0 radical (unpaired) electrons. The molecule has 1 atom stereocenters. The highest BCUT2D eigenvalue weighted by Gasteiger charge is 2.34. The van der Waals surface area contributed by atoms with E-state index in [1.54, 1.807) is 39.8 Å². The molecule has 9 nitrogen and oxygen atoms in total. The first-order chi connectivity index (χ1) is 13.0. The minimum absolute atomic E-state index is 0.0637. The minimum Gasteiger partial charge on any atom is -0.488 e. The van der Waals surface area contributed by atoms with E-state index in [1.807, 2.05) is 6.07 Å². The number of nitrogens with one attached hydrogen (secondary N) is 1. The van der Waals surface area contributed by atoms with Gasteiger partial charge in [0.2, 0.25) is 0 Å². The van der Waals surface area contributed by atoms with Crippen molar-refractivity contribution < 1.29 is 28.7 Å². The summed E-state index contributed by atoms with van der Waals surface area (Å²) in [6, 6.07) is 5.38. The summed E-state index contributed by atoms with van der Waals surface area (Å²) in [5, 5.41) is 21.7. The smallest absolute Gasteiger partial charge is 0.488 e. The summed E-state index contributed by atoms with van der Waals surface area (Å²) >= 11 is 0. The van der Waals surface area contributed by atoms with Crippen LogP contribution in [0.15, 0.2) is 12.1 Å². The van der Waals surface area contributed by atoms with Crippen LogP contribution in [0.2, 0.25) is 0 Å². The Morgan fingerprint density at radius 2 is 2.11 bits per heavy atom. The van der Waals surface area contributed by atoms with E-state index in [4.69, 9.17) is 29.9 Å². The number of rotatable bonds is 7. The first kappa shape index (κ1) is 21.8. The van der Waals surface area contributed by atoms with Crippen molar-refractivity contribution in [2.75, 3.05) is 19.8 Å². The van der Waals surface area contributed by atoms with Crippen molar-refractivity contribution in [3.8, 4) is 17.6 Å². The average molecular weight is 391 g/mol. The lowest BCUT2D eigenvalue weighted by Crippen LogP contribution is -2.41. The van der Waals surface area contributed by atoms with Gasteiger partial charge in [-0.2, -0.15) is 5.26 Å². The molecule has 0 unspecified atom stereocenters. The number of nitriles is 1. The van der Waals surface area contributed by atoms with Crippen molar-refractivity contribution >= 4 is 18.7 Å². The normalized spacial score (nSPS) is 15.2. The van der Waals surface area contributed by atoms with Crippen LogP contribution in [0, 0.1) is 11.3 Å².